The van der Waals surface area contributed by atoms with Gasteiger partial charge in [0.1, 0.15) is 18.2 Å². The molecule has 0 aliphatic carbocycles. The van der Waals surface area contributed by atoms with Gasteiger partial charge in [0.2, 0.25) is 0 Å². The number of hydrogen-bond acceptors (Lipinski definition) is 2. The van der Waals surface area contributed by atoms with E-state index < -0.39 is 0 Å². The molecule has 0 spiro atoms. The van der Waals surface area contributed by atoms with Crippen molar-refractivity contribution in [2.75, 3.05) is 0 Å². The van der Waals surface area contributed by atoms with Crippen LogP contribution in [0.2, 0.25) is 5.02 Å². The van der Waals surface area contributed by atoms with Gasteiger partial charge in [-0.1, -0.05) is 35.9 Å². The molecule has 0 saturated heterocycles. The molecular weight excluding hydrogens is 253 g/mol. The molecule has 0 radical (unpaired) electrons. The average molecular weight is 266 g/mol. The summed E-state index contributed by atoms with van der Waals surface area (Å²) in [5.41, 5.74) is 7.28. The molecule has 0 heterocycles. The molecule has 0 unspecified atom stereocenters. The summed E-state index contributed by atoms with van der Waals surface area (Å²) in [5.74, 6) is 0.367. The number of benzene rings is 2. The van der Waals surface area contributed by atoms with E-state index in [1.165, 1.54) is 12.1 Å². The normalized spacial score (nSPS) is 10.4. The van der Waals surface area contributed by atoms with Gasteiger partial charge in [0.05, 0.1) is 5.02 Å². The minimum Gasteiger partial charge on any atom is -0.489 e. The van der Waals surface area contributed by atoms with E-state index in [4.69, 9.17) is 22.1 Å². The highest BCUT2D eigenvalue weighted by Crippen LogP contribution is 2.22. The van der Waals surface area contributed by atoms with Crippen molar-refractivity contribution in [3.05, 3.63) is 64.4 Å². The van der Waals surface area contributed by atoms with Crippen molar-refractivity contribution in [3.8, 4) is 5.75 Å². The number of ether oxygens (including phenoxy) is 1. The van der Waals surface area contributed by atoms with Gasteiger partial charge in [0, 0.05) is 17.7 Å². The number of nitrogens with two attached hydrogens (primary N) is 1. The predicted octanol–water partition coefficient (Wildman–Crippen LogP) is 3.52. The third-order valence-corrected chi connectivity index (χ3v) is 2.94. The molecule has 0 fully saturated rings. The summed E-state index contributed by atoms with van der Waals surface area (Å²) in [6.45, 7) is 0.698. The summed E-state index contributed by atoms with van der Waals surface area (Å²) in [4.78, 5) is 0. The molecule has 0 saturated carbocycles. The van der Waals surface area contributed by atoms with Crippen LogP contribution in [-0.2, 0) is 13.2 Å². The van der Waals surface area contributed by atoms with Gasteiger partial charge in [-0.25, -0.2) is 4.39 Å². The first-order valence-electron chi connectivity index (χ1n) is 5.55. The van der Waals surface area contributed by atoms with Crippen LogP contribution in [0.4, 0.5) is 4.39 Å². The molecule has 18 heavy (non-hydrogen) atoms. The van der Waals surface area contributed by atoms with Gasteiger partial charge >= 0.3 is 0 Å². The molecule has 94 valence electrons. The van der Waals surface area contributed by atoms with Crippen molar-refractivity contribution in [2.45, 2.75) is 13.2 Å². The fourth-order valence-electron chi connectivity index (χ4n) is 1.61. The quantitative estimate of drug-likeness (QED) is 0.918. The van der Waals surface area contributed by atoms with Gasteiger partial charge in [-0.15, -0.1) is 0 Å². The number of hydrogen-bond donors (Lipinski definition) is 1. The summed E-state index contributed by atoms with van der Waals surface area (Å²) in [7, 11) is 0. The Bertz CT molecular complexity index is 545. The third kappa shape index (κ3) is 3.00. The van der Waals surface area contributed by atoms with Crippen molar-refractivity contribution in [2.24, 2.45) is 5.73 Å². The molecule has 2 aromatic rings. The molecule has 2 aromatic carbocycles. The van der Waals surface area contributed by atoms with E-state index >= 15 is 0 Å². The van der Waals surface area contributed by atoms with Crippen LogP contribution in [-0.4, -0.2) is 0 Å². The maximum absolute atomic E-state index is 12.9. The van der Waals surface area contributed by atoms with Gasteiger partial charge < -0.3 is 10.5 Å². The Morgan fingerprint density at radius 1 is 1.11 bits per heavy atom. The fourth-order valence-corrected chi connectivity index (χ4v) is 1.83. The summed E-state index contributed by atoms with van der Waals surface area (Å²) < 4.78 is 18.5. The molecule has 2 rings (SSSR count). The lowest BCUT2D eigenvalue weighted by Gasteiger charge is -2.11. The van der Waals surface area contributed by atoms with Crippen molar-refractivity contribution in [3.63, 3.8) is 0 Å². The first-order valence-corrected chi connectivity index (χ1v) is 5.93. The van der Waals surface area contributed by atoms with Crippen LogP contribution < -0.4 is 10.5 Å². The smallest absolute Gasteiger partial charge is 0.124 e. The van der Waals surface area contributed by atoms with E-state index in [2.05, 4.69) is 0 Å². The summed E-state index contributed by atoms with van der Waals surface area (Å²) in [5, 5.41) is 0.361. The van der Waals surface area contributed by atoms with Crippen LogP contribution in [0.3, 0.4) is 0 Å². The van der Waals surface area contributed by atoms with Crippen molar-refractivity contribution in [1.82, 2.24) is 0 Å². The van der Waals surface area contributed by atoms with Crippen LogP contribution in [0.25, 0.3) is 0 Å². The summed E-state index contributed by atoms with van der Waals surface area (Å²) in [6, 6.07) is 11.8. The SMILES string of the molecule is NCc1ccccc1OCc1ccc(F)cc1Cl. The first kappa shape index (κ1) is 12.9. The lowest BCUT2D eigenvalue weighted by atomic mass is 10.2. The molecular formula is C14H13ClFNO. The molecule has 0 aliphatic heterocycles. The standard InChI is InChI=1S/C14H13ClFNO/c15-13-7-12(16)6-5-11(13)9-18-14-4-2-1-3-10(14)8-17/h1-7H,8-9,17H2. The van der Waals surface area contributed by atoms with Gasteiger partial charge in [0.15, 0.2) is 0 Å². The molecule has 0 aromatic heterocycles. The fraction of sp³-hybridized carbons (Fsp3) is 0.143. The highest BCUT2D eigenvalue weighted by molar-refractivity contribution is 6.31. The first-order chi connectivity index (χ1) is 8.70. The molecule has 0 aliphatic rings. The van der Waals surface area contributed by atoms with E-state index in [-0.39, 0.29) is 12.4 Å². The molecule has 0 amide bonds. The Morgan fingerprint density at radius 2 is 1.89 bits per heavy atom. The van der Waals surface area contributed by atoms with Crippen molar-refractivity contribution >= 4 is 11.6 Å². The largest absolute Gasteiger partial charge is 0.489 e. The van der Waals surface area contributed by atoms with Crippen molar-refractivity contribution < 1.29 is 9.13 Å². The Labute approximate surface area is 110 Å². The molecule has 2 nitrogen and oxygen atoms in total. The molecule has 0 bridgehead atoms. The third-order valence-electron chi connectivity index (χ3n) is 2.59. The lowest BCUT2D eigenvalue weighted by molar-refractivity contribution is 0.303. The minimum absolute atomic E-state index is 0.288. The van der Waals surface area contributed by atoms with Crippen LogP contribution in [0.15, 0.2) is 42.5 Å². The number of para-hydroxylation sites is 1. The highest BCUT2D eigenvalue weighted by Gasteiger charge is 2.05. The second kappa shape index (κ2) is 5.85. The zero-order valence-electron chi connectivity index (χ0n) is 9.70. The second-order valence-electron chi connectivity index (χ2n) is 3.84. The highest BCUT2D eigenvalue weighted by atomic mass is 35.5. The Morgan fingerprint density at radius 3 is 2.61 bits per heavy atom. The topological polar surface area (TPSA) is 35.2 Å². The zero-order chi connectivity index (χ0) is 13.0. The summed E-state index contributed by atoms with van der Waals surface area (Å²) >= 11 is 5.92. The molecule has 0 atom stereocenters. The van der Waals surface area contributed by atoms with E-state index in [1.807, 2.05) is 24.3 Å². The molecule has 2 N–H and O–H groups in total. The monoisotopic (exact) mass is 265 g/mol. The van der Waals surface area contributed by atoms with E-state index in [0.717, 1.165) is 16.9 Å². The van der Waals surface area contributed by atoms with Gasteiger partial charge in [-0.3, -0.25) is 0 Å². The van der Waals surface area contributed by atoms with Crippen LogP contribution in [0, 0.1) is 5.82 Å². The van der Waals surface area contributed by atoms with Gasteiger partial charge in [-0.05, 0) is 18.2 Å². The van der Waals surface area contributed by atoms with E-state index in [0.29, 0.717) is 11.6 Å². The predicted molar refractivity (Wildman–Crippen MR) is 70.1 cm³/mol. The lowest BCUT2D eigenvalue weighted by Crippen LogP contribution is -2.03. The maximum atomic E-state index is 12.9. The Kier molecular flexibility index (Phi) is 4.18. The maximum Gasteiger partial charge on any atom is 0.124 e. The molecule has 4 heteroatoms. The number of halogens is 2. The van der Waals surface area contributed by atoms with E-state index in [1.54, 1.807) is 6.07 Å². The van der Waals surface area contributed by atoms with Gasteiger partial charge in [0.25, 0.3) is 0 Å². The van der Waals surface area contributed by atoms with E-state index in [9.17, 15) is 4.39 Å². The van der Waals surface area contributed by atoms with Crippen LogP contribution >= 0.6 is 11.6 Å². The second-order valence-corrected chi connectivity index (χ2v) is 4.24. The van der Waals surface area contributed by atoms with Crippen LogP contribution in [0.1, 0.15) is 11.1 Å². The summed E-state index contributed by atoms with van der Waals surface area (Å²) in [6.07, 6.45) is 0. The Hall–Kier alpha value is -1.58. The number of rotatable bonds is 4. The average Bonchev–Trinajstić information content (AvgIpc) is 2.38. The zero-order valence-corrected chi connectivity index (χ0v) is 10.5. The minimum atomic E-state index is -0.355. The Balaban J connectivity index is 2.11. The van der Waals surface area contributed by atoms with Gasteiger partial charge in [-0.2, -0.15) is 0 Å². The van der Waals surface area contributed by atoms with Crippen LogP contribution in [0.5, 0.6) is 5.75 Å². The van der Waals surface area contributed by atoms with Crippen molar-refractivity contribution in [1.29, 1.82) is 0 Å².